The normalized spacial score (nSPS) is 16.9. The summed E-state index contributed by atoms with van der Waals surface area (Å²) in [5, 5.41) is 10.8. The summed E-state index contributed by atoms with van der Waals surface area (Å²) in [4.78, 5) is 2.18. The van der Waals surface area contributed by atoms with Crippen molar-refractivity contribution in [2.75, 3.05) is 13.1 Å². The number of aliphatic hydroxyl groups is 1. The van der Waals surface area contributed by atoms with Crippen molar-refractivity contribution in [1.82, 2.24) is 4.90 Å². The van der Waals surface area contributed by atoms with Crippen LogP contribution in [-0.4, -0.2) is 29.3 Å². The van der Waals surface area contributed by atoms with Crippen LogP contribution < -0.4 is 0 Å². The van der Waals surface area contributed by atoms with Gasteiger partial charge >= 0.3 is 6.18 Å². The van der Waals surface area contributed by atoms with Gasteiger partial charge in [-0.1, -0.05) is 43.8 Å². The van der Waals surface area contributed by atoms with Crippen LogP contribution in [0.1, 0.15) is 62.1 Å². The topological polar surface area (TPSA) is 36.6 Å². The van der Waals surface area contributed by atoms with E-state index in [1.165, 1.54) is 30.6 Å². The van der Waals surface area contributed by atoms with Crippen molar-refractivity contribution in [3.05, 3.63) is 101 Å². The lowest BCUT2D eigenvalue weighted by Gasteiger charge is -2.36. The lowest BCUT2D eigenvalue weighted by Crippen LogP contribution is -2.32. The summed E-state index contributed by atoms with van der Waals surface area (Å²) >= 11 is 0. The highest BCUT2D eigenvalue weighted by atomic mass is 19.4. The number of halogens is 3. The molecular formula is C29H34F3NO2. The molecule has 0 bridgehead atoms. The minimum Gasteiger partial charge on any atom is -0.512 e. The van der Waals surface area contributed by atoms with E-state index in [1.54, 1.807) is 19.1 Å². The van der Waals surface area contributed by atoms with Gasteiger partial charge in [-0.2, -0.15) is 13.2 Å². The van der Waals surface area contributed by atoms with Gasteiger partial charge in [-0.3, -0.25) is 0 Å². The number of alkyl halides is 3. The Kier molecular flexibility index (Phi) is 8.71. The number of aliphatic hydroxyl groups excluding tert-OH is 1. The number of benzene rings is 1. The number of hydrogen-bond donors (Lipinski definition) is 1. The second kappa shape index (κ2) is 11.5. The zero-order chi connectivity index (χ0) is 25.6. The molecule has 3 nitrogen and oxygen atoms in total. The first-order chi connectivity index (χ1) is 16.6. The molecule has 1 fully saturated rings. The molecular weight excluding hydrogens is 451 g/mol. The third-order valence-corrected chi connectivity index (χ3v) is 6.82. The lowest BCUT2D eigenvalue weighted by atomic mass is 9.86. The summed E-state index contributed by atoms with van der Waals surface area (Å²) in [5.41, 5.74) is 4.36. The molecule has 1 aromatic carbocycles. The van der Waals surface area contributed by atoms with E-state index in [0.29, 0.717) is 22.6 Å². The first kappa shape index (κ1) is 26.5. The van der Waals surface area contributed by atoms with Crippen LogP contribution in [0.15, 0.2) is 88.6 Å². The number of allylic oxidation sites excluding steroid dienone is 5. The molecule has 1 aliphatic heterocycles. The molecule has 2 aromatic rings. The SMILES string of the molecule is C=C(/C(C)=C(\O)C/C=C(\C=C(/CC)C(F)(F)F)c1ccoc1)N1CCC(c2ccccc2C)CC1. The maximum absolute atomic E-state index is 13.3. The molecule has 1 aliphatic rings. The minimum atomic E-state index is -4.41. The van der Waals surface area contributed by atoms with Crippen molar-refractivity contribution in [3.8, 4) is 0 Å². The van der Waals surface area contributed by atoms with Crippen molar-refractivity contribution in [2.45, 2.75) is 58.5 Å². The average molecular weight is 486 g/mol. The van der Waals surface area contributed by atoms with Gasteiger partial charge in [0.05, 0.1) is 12.5 Å². The standard InChI is InChI=1S/C29H34F3NO2/c1-5-26(29(30,31)32)18-24(25-14-17-35-19-25)10-11-28(34)21(3)22(4)33-15-12-23(13-16-33)27-9-7-6-8-20(27)2/h6-10,14,17-19,23,34H,4-5,11-13,15-16H2,1-3H3/b24-10+,26-18+,28-21-. The Balaban J connectivity index is 1.72. The molecule has 0 spiro atoms. The number of rotatable bonds is 8. The summed E-state index contributed by atoms with van der Waals surface area (Å²) in [6, 6.07) is 10.1. The molecule has 2 heterocycles. The highest BCUT2D eigenvalue weighted by Gasteiger charge is 2.32. The highest BCUT2D eigenvalue weighted by Crippen LogP contribution is 2.34. The number of likely N-dealkylation sites (tertiary alicyclic amines) is 1. The Morgan fingerprint density at radius 2 is 1.89 bits per heavy atom. The predicted octanol–water partition coefficient (Wildman–Crippen LogP) is 8.49. The van der Waals surface area contributed by atoms with Crippen LogP contribution in [0.25, 0.3) is 5.57 Å². The summed E-state index contributed by atoms with van der Waals surface area (Å²) in [6.07, 6.45) is 3.09. The van der Waals surface area contributed by atoms with E-state index in [2.05, 4.69) is 42.7 Å². The van der Waals surface area contributed by atoms with Gasteiger partial charge in [0, 0.05) is 41.9 Å². The third-order valence-electron chi connectivity index (χ3n) is 6.82. The molecule has 0 unspecified atom stereocenters. The second-order valence-electron chi connectivity index (χ2n) is 9.03. The number of nitrogens with zero attached hydrogens (tertiary/aromatic N) is 1. The molecule has 3 rings (SSSR count). The molecule has 6 heteroatoms. The number of furan rings is 1. The van der Waals surface area contributed by atoms with E-state index in [1.807, 2.05) is 0 Å². The molecule has 0 amide bonds. The smallest absolute Gasteiger partial charge is 0.412 e. The molecule has 188 valence electrons. The highest BCUT2D eigenvalue weighted by molar-refractivity contribution is 5.74. The fourth-order valence-corrected chi connectivity index (χ4v) is 4.53. The maximum atomic E-state index is 13.3. The van der Waals surface area contributed by atoms with Crippen LogP contribution in [0.5, 0.6) is 0 Å². The van der Waals surface area contributed by atoms with Gasteiger partial charge in [0.25, 0.3) is 0 Å². The summed E-state index contributed by atoms with van der Waals surface area (Å²) in [5.74, 6) is 0.599. The van der Waals surface area contributed by atoms with Crippen LogP contribution in [0, 0.1) is 6.92 Å². The van der Waals surface area contributed by atoms with Crippen LogP contribution in [-0.2, 0) is 0 Å². The Morgan fingerprint density at radius 1 is 1.20 bits per heavy atom. The minimum absolute atomic E-state index is 0.0930. The monoisotopic (exact) mass is 485 g/mol. The first-order valence-electron chi connectivity index (χ1n) is 12.0. The molecule has 1 aromatic heterocycles. The first-order valence-corrected chi connectivity index (χ1v) is 12.0. The maximum Gasteiger partial charge on any atom is 0.412 e. The summed E-state index contributed by atoms with van der Waals surface area (Å²) in [7, 11) is 0. The van der Waals surface area contributed by atoms with E-state index < -0.39 is 11.7 Å². The number of hydrogen-bond acceptors (Lipinski definition) is 3. The van der Waals surface area contributed by atoms with Crippen molar-refractivity contribution in [3.63, 3.8) is 0 Å². The second-order valence-corrected chi connectivity index (χ2v) is 9.03. The predicted molar refractivity (Wildman–Crippen MR) is 135 cm³/mol. The van der Waals surface area contributed by atoms with E-state index >= 15 is 0 Å². The fraction of sp³-hybridized carbons (Fsp3) is 0.379. The van der Waals surface area contributed by atoms with Crippen LogP contribution in [0.2, 0.25) is 0 Å². The van der Waals surface area contributed by atoms with E-state index in [0.717, 1.165) is 37.7 Å². The van der Waals surface area contributed by atoms with E-state index in [4.69, 9.17) is 4.42 Å². The van der Waals surface area contributed by atoms with E-state index in [-0.39, 0.29) is 18.6 Å². The zero-order valence-corrected chi connectivity index (χ0v) is 20.7. The van der Waals surface area contributed by atoms with Crippen LogP contribution in [0.3, 0.4) is 0 Å². The largest absolute Gasteiger partial charge is 0.512 e. The van der Waals surface area contributed by atoms with Crippen molar-refractivity contribution >= 4 is 5.57 Å². The summed E-state index contributed by atoms with van der Waals surface area (Å²) < 4.78 is 45.0. The lowest BCUT2D eigenvalue weighted by molar-refractivity contribution is -0.0934. The van der Waals surface area contributed by atoms with Gasteiger partial charge < -0.3 is 14.4 Å². The average Bonchev–Trinajstić information content (AvgIpc) is 3.37. The molecule has 0 atom stereocenters. The van der Waals surface area contributed by atoms with Gasteiger partial charge in [0.15, 0.2) is 0 Å². The van der Waals surface area contributed by atoms with E-state index in [9.17, 15) is 18.3 Å². The Labute approximate surface area is 206 Å². The molecule has 1 N–H and O–H groups in total. The van der Waals surface area contributed by atoms with Crippen molar-refractivity contribution < 1.29 is 22.7 Å². The molecule has 0 aliphatic carbocycles. The van der Waals surface area contributed by atoms with Crippen LogP contribution in [0.4, 0.5) is 13.2 Å². The third kappa shape index (κ3) is 6.71. The quantitative estimate of drug-likeness (QED) is 0.301. The van der Waals surface area contributed by atoms with Gasteiger partial charge in [0.1, 0.15) is 5.76 Å². The molecule has 35 heavy (non-hydrogen) atoms. The van der Waals surface area contributed by atoms with Gasteiger partial charge in [-0.25, -0.2) is 0 Å². The van der Waals surface area contributed by atoms with Crippen LogP contribution >= 0.6 is 0 Å². The van der Waals surface area contributed by atoms with Gasteiger partial charge in [-0.05, 0) is 67.9 Å². The number of piperidine rings is 1. The summed E-state index contributed by atoms with van der Waals surface area (Å²) in [6.45, 7) is 11.3. The number of aryl methyl sites for hydroxylation is 1. The van der Waals surface area contributed by atoms with Crippen molar-refractivity contribution in [1.29, 1.82) is 0 Å². The Bertz CT molecular complexity index is 1100. The fourth-order valence-electron chi connectivity index (χ4n) is 4.53. The van der Waals surface area contributed by atoms with Gasteiger partial charge in [0.2, 0.25) is 0 Å². The molecule has 1 saturated heterocycles. The Hall–Kier alpha value is -3.15. The Morgan fingerprint density at radius 3 is 2.46 bits per heavy atom. The van der Waals surface area contributed by atoms with Crippen molar-refractivity contribution in [2.24, 2.45) is 0 Å². The zero-order valence-electron chi connectivity index (χ0n) is 20.7. The molecule has 0 saturated carbocycles. The molecule has 0 radical (unpaired) electrons. The van der Waals surface area contributed by atoms with Gasteiger partial charge in [-0.15, -0.1) is 0 Å².